The fraction of sp³-hybridized carbons (Fsp3) is 0.429. The van der Waals surface area contributed by atoms with Crippen molar-refractivity contribution in [2.75, 3.05) is 6.54 Å². The molecule has 1 nitrogen and oxygen atoms in total. The maximum absolute atomic E-state index is 13.6. The van der Waals surface area contributed by atoms with Crippen LogP contribution in [0.5, 0.6) is 0 Å². The first kappa shape index (κ1) is 13.7. The molecule has 0 fully saturated rings. The molecule has 0 heterocycles. The summed E-state index contributed by atoms with van der Waals surface area (Å²) < 4.78 is 26.4. The van der Waals surface area contributed by atoms with E-state index in [1.165, 1.54) is 12.1 Å². The third kappa shape index (κ3) is 4.16. The van der Waals surface area contributed by atoms with Crippen molar-refractivity contribution in [3.8, 4) is 11.8 Å². The molecule has 1 N–H and O–H groups in total. The Hall–Kier alpha value is -1.40. The first-order valence-corrected chi connectivity index (χ1v) is 5.77. The van der Waals surface area contributed by atoms with Crippen LogP contribution in [0.15, 0.2) is 18.2 Å². The molecule has 0 aliphatic carbocycles. The number of benzene rings is 1. The Kier molecular flexibility index (Phi) is 5.65. The molecule has 0 spiro atoms. The molecule has 1 aromatic carbocycles. The fourth-order valence-electron chi connectivity index (χ4n) is 1.74. The Bertz CT molecular complexity index is 418. The first-order chi connectivity index (χ1) is 8.19. The predicted molar refractivity (Wildman–Crippen MR) is 65.5 cm³/mol. The van der Waals surface area contributed by atoms with Gasteiger partial charge in [-0.05, 0) is 26.0 Å². The van der Waals surface area contributed by atoms with Crippen LogP contribution in [-0.2, 0) is 0 Å². The summed E-state index contributed by atoms with van der Waals surface area (Å²) in [6, 6.07) is 3.60. The highest BCUT2D eigenvalue weighted by molar-refractivity contribution is 5.22. The van der Waals surface area contributed by atoms with Crippen molar-refractivity contribution in [2.24, 2.45) is 0 Å². The van der Waals surface area contributed by atoms with E-state index in [1.807, 2.05) is 6.92 Å². The van der Waals surface area contributed by atoms with Gasteiger partial charge in [-0.1, -0.05) is 13.0 Å². The summed E-state index contributed by atoms with van der Waals surface area (Å²) in [7, 11) is 0. The fourth-order valence-corrected chi connectivity index (χ4v) is 1.74. The topological polar surface area (TPSA) is 12.0 Å². The lowest BCUT2D eigenvalue weighted by atomic mass is 10.0. The van der Waals surface area contributed by atoms with Crippen LogP contribution in [-0.4, -0.2) is 6.54 Å². The molecule has 0 bridgehead atoms. The summed E-state index contributed by atoms with van der Waals surface area (Å²) in [5.41, 5.74) is 0.506. The highest BCUT2D eigenvalue weighted by atomic mass is 19.1. The van der Waals surface area contributed by atoms with Gasteiger partial charge in [0.25, 0.3) is 0 Å². The van der Waals surface area contributed by atoms with Gasteiger partial charge in [0.1, 0.15) is 11.6 Å². The van der Waals surface area contributed by atoms with E-state index in [1.54, 1.807) is 6.92 Å². The Labute approximate surface area is 101 Å². The molecule has 1 rings (SSSR count). The van der Waals surface area contributed by atoms with Gasteiger partial charge in [0.15, 0.2) is 0 Å². The first-order valence-electron chi connectivity index (χ1n) is 5.77. The average molecular weight is 237 g/mol. The highest BCUT2D eigenvalue weighted by Crippen LogP contribution is 2.22. The molecule has 1 unspecified atom stereocenters. The minimum atomic E-state index is -0.546. The zero-order chi connectivity index (χ0) is 12.7. The average Bonchev–Trinajstić information content (AvgIpc) is 2.28. The van der Waals surface area contributed by atoms with Crippen molar-refractivity contribution in [2.45, 2.75) is 32.7 Å². The van der Waals surface area contributed by atoms with Crippen molar-refractivity contribution in [3.63, 3.8) is 0 Å². The van der Waals surface area contributed by atoms with E-state index in [0.29, 0.717) is 12.0 Å². The number of hydrogen-bond acceptors (Lipinski definition) is 1. The second-order valence-corrected chi connectivity index (χ2v) is 3.74. The third-order valence-electron chi connectivity index (χ3n) is 2.52. The molecule has 0 radical (unpaired) electrons. The van der Waals surface area contributed by atoms with E-state index in [2.05, 4.69) is 17.2 Å². The van der Waals surface area contributed by atoms with E-state index >= 15 is 0 Å². The molecule has 0 amide bonds. The summed E-state index contributed by atoms with van der Waals surface area (Å²) in [5, 5.41) is 3.19. The summed E-state index contributed by atoms with van der Waals surface area (Å²) in [4.78, 5) is 0. The lowest BCUT2D eigenvalue weighted by Crippen LogP contribution is -2.21. The second-order valence-electron chi connectivity index (χ2n) is 3.74. The van der Waals surface area contributed by atoms with Crippen molar-refractivity contribution in [1.82, 2.24) is 5.32 Å². The van der Waals surface area contributed by atoms with Gasteiger partial charge in [-0.15, -0.1) is 11.8 Å². The second kappa shape index (κ2) is 7.03. The lowest BCUT2D eigenvalue weighted by molar-refractivity contribution is 0.485. The Balaban J connectivity index is 2.83. The van der Waals surface area contributed by atoms with Gasteiger partial charge in [0, 0.05) is 24.1 Å². The van der Waals surface area contributed by atoms with E-state index in [4.69, 9.17) is 0 Å². The van der Waals surface area contributed by atoms with Crippen LogP contribution >= 0.6 is 0 Å². The molecule has 0 saturated heterocycles. The van der Waals surface area contributed by atoms with Gasteiger partial charge in [0.2, 0.25) is 0 Å². The smallest absolute Gasteiger partial charge is 0.130 e. The maximum atomic E-state index is 13.6. The van der Waals surface area contributed by atoms with Crippen LogP contribution in [0.1, 0.15) is 38.3 Å². The van der Waals surface area contributed by atoms with Gasteiger partial charge < -0.3 is 5.32 Å². The third-order valence-corrected chi connectivity index (χ3v) is 2.52. The van der Waals surface area contributed by atoms with E-state index < -0.39 is 11.6 Å². The maximum Gasteiger partial charge on any atom is 0.130 e. The van der Waals surface area contributed by atoms with Gasteiger partial charge in [-0.25, -0.2) is 8.78 Å². The molecule has 0 aliphatic rings. The normalized spacial score (nSPS) is 11.8. The number of nitrogens with one attached hydrogen (secondary N) is 1. The molecule has 1 atom stereocenters. The number of hydrogen-bond donors (Lipinski definition) is 1. The van der Waals surface area contributed by atoms with Gasteiger partial charge in [-0.3, -0.25) is 0 Å². The predicted octanol–water partition coefficient (Wildman–Crippen LogP) is 3.42. The van der Waals surface area contributed by atoms with E-state index in [-0.39, 0.29) is 6.04 Å². The lowest BCUT2D eigenvalue weighted by Gasteiger charge is -2.17. The Morgan fingerprint density at radius 3 is 2.71 bits per heavy atom. The van der Waals surface area contributed by atoms with Crippen LogP contribution in [0.2, 0.25) is 0 Å². The van der Waals surface area contributed by atoms with Gasteiger partial charge in [-0.2, -0.15) is 0 Å². The molecule has 1 aromatic rings. The van der Waals surface area contributed by atoms with Crippen LogP contribution < -0.4 is 5.32 Å². The molecule has 92 valence electrons. The zero-order valence-corrected chi connectivity index (χ0v) is 10.2. The standard InChI is InChI=1S/C14H17F2N/c1-3-5-6-7-14(17-4-2)12-9-8-11(15)10-13(12)16/h8-10,14,17H,4,6-7H2,1-2H3. The minimum absolute atomic E-state index is 0.110. The monoisotopic (exact) mass is 237 g/mol. The Morgan fingerprint density at radius 1 is 1.35 bits per heavy atom. The highest BCUT2D eigenvalue weighted by Gasteiger charge is 2.14. The van der Waals surface area contributed by atoms with Crippen molar-refractivity contribution in [1.29, 1.82) is 0 Å². The molecule has 0 aromatic heterocycles. The summed E-state index contributed by atoms with van der Waals surface area (Å²) in [6.45, 7) is 4.47. The van der Waals surface area contributed by atoms with Gasteiger partial charge >= 0.3 is 0 Å². The number of halogens is 2. The van der Waals surface area contributed by atoms with E-state index in [0.717, 1.165) is 19.0 Å². The molecular weight excluding hydrogens is 220 g/mol. The molecular formula is C14H17F2N. The Morgan fingerprint density at radius 2 is 2.12 bits per heavy atom. The van der Waals surface area contributed by atoms with Crippen molar-refractivity contribution in [3.05, 3.63) is 35.4 Å². The molecule has 0 aliphatic heterocycles. The molecule has 3 heteroatoms. The minimum Gasteiger partial charge on any atom is -0.310 e. The summed E-state index contributed by atoms with van der Waals surface area (Å²) in [6.07, 6.45) is 1.42. The van der Waals surface area contributed by atoms with Gasteiger partial charge in [0.05, 0.1) is 0 Å². The van der Waals surface area contributed by atoms with Crippen molar-refractivity contribution < 1.29 is 8.78 Å². The molecule has 17 heavy (non-hydrogen) atoms. The summed E-state index contributed by atoms with van der Waals surface area (Å²) in [5.74, 6) is 4.71. The van der Waals surface area contributed by atoms with E-state index in [9.17, 15) is 8.78 Å². The zero-order valence-electron chi connectivity index (χ0n) is 10.2. The van der Waals surface area contributed by atoms with Crippen LogP contribution in [0, 0.1) is 23.5 Å². The largest absolute Gasteiger partial charge is 0.310 e. The summed E-state index contributed by atoms with van der Waals surface area (Å²) >= 11 is 0. The SMILES string of the molecule is CC#CCCC(NCC)c1ccc(F)cc1F. The molecule has 0 saturated carbocycles. The van der Waals surface area contributed by atoms with Crippen molar-refractivity contribution >= 4 is 0 Å². The van der Waals surface area contributed by atoms with Crippen LogP contribution in [0.25, 0.3) is 0 Å². The number of rotatable bonds is 5. The quantitative estimate of drug-likeness (QED) is 0.774. The van der Waals surface area contributed by atoms with Crippen LogP contribution in [0.4, 0.5) is 8.78 Å². The van der Waals surface area contributed by atoms with Crippen LogP contribution in [0.3, 0.4) is 0 Å².